The first-order valence-corrected chi connectivity index (χ1v) is 7.74. The van der Waals surface area contributed by atoms with Gasteiger partial charge in [-0.25, -0.2) is 4.39 Å². The largest absolute Gasteiger partial charge is 0.416 e. The number of alkyl halides is 3. The smallest absolute Gasteiger partial charge is 0.314 e. The van der Waals surface area contributed by atoms with Gasteiger partial charge in [0.25, 0.3) is 0 Å². The van der Waals surface area contributed by atoms with E-state index in [0.717, 1.165) is 12.1 Å². The van der Waals surface area contributed by atoms with Crippen LogP contribution in [-0.4, -0.2) is 31.1 Å². The Morgan fingerprint density at radius 2 is 1.91 bits per heavy atom. The Bertz CT molecular complexity index is 513. The van der Waals surface area contributed by atoms with Gasteiger partial charge in [0.15, 0.2) is 0 Å². The number of nitrogens with one attached hydrogen (secondary N) is 1. The summed E-state index contributed by atoms with van der Waals surface area (Å²) in [5, 5.41) is 2.89. The third-order valence-electron chi connectivity index (χ3n) is 3.93. The zero-order valence-electron chi connectivity index (χ0n) is 12.3. The maximum Gasteiger partial charge on any atom is 0.416 e. The van der Waals surface area contributed by atoms with Crippen LogP contribution in [0.25, 0.3) is 0 Å². The molecule has 7 heteroatoms. The lowest BCUT2D eigenvalue weighted by Crippen LogP contribution is -2.45. The van der Waals surface area contributed by atoms with Gasteiger partial charge in [0, 0.05) is 37.8 Å². The summed E-state index contributed by atoms with van der Waals surface area (Å²) in [6, 6.07) is 1.25. The number of rotatable bonds is 4. The van der Waals surface area contributed by atoms with Crippen molar-refractivity contribution >= 4 is 11.6 Å². The minimum atomic E-state index is -4.60. The van der Waals surface area contributed by atoms with Crippen molar-refractivity contribution in [2.24, 2.45) is 0 Å². The van der Waals surface area contributed by atoms with Crippen LogP contribution in [0.1, 0.15) is 36.9 Å². The van der Waals surface area contributed by atoms with Crippen molar-refractivity contribution < 1.29 is 17.6 Å². The molecule has 2 rings (SSSR count). The molecule has 2 nitrogen and oxygen atoms in total. The van der Waals surface area contributed by atoms with Crippen LogP contribution in [0, 0.1) is 5.82 Å². The van der Waals surface area contributed by atoms with E-state index in [9.17, 15) is 17.6 Å². The third kappa shape index (κ3) is 3.73. The van der Waals surface area contributed by atoms with Gasteiger partial charge in [-0.2, -0.15) is 13.2 Å². The summed E-state index contributed by atoms with van der Waals surface area (Å²) in [4.78, 5) is 1.91. The predicted octanol–water partition coefficient (Wildman–Crippen LogP) is 4.24. The highest BCUT2D eigenvalue weighted by Gasteiger charge is 2.39. The van der Waals surface area contributed by atoms with Crippen molar-refractivity contribution in [1.82, 2.24) is 10.2 Å². The third-order valence-corrected chi connectivity index (χ3v) is 4.22. The molecule has 0 radical (unpaired) electrons. The summed E-state index contributed by atoms with van der Waals surface area (Å²) in [6.07, 6.45) is -3.47. The van der Waals surface area contributed by atoms with Gasteiger partial charge in [0.1, 0.15) is 5.82 Å². The molecule has 0 aromatic heterocycles. The van der Waals surface area contributed by atoms with Gasteiger partial charge < -0.3 is 5.32 Å². The van der Waals surface area contributed by atoms with Crippen molar-refractivity contribution in [3.8, 4) is 0 Å². The highest BCUT2D eigenvalue weighted by atomic mass is 35.5. The molecule has 22 heavy (non-hydrogen) atoms. The van der Waals surface area contributed by atoms with Gasteiger partial charge >= 0.3 is 6.18 Å². The highest BCUT2D eigenvalue weighted by Crippen LogP contribution is 2.41. The summed E-state index contributed by atoms with van der Waals surface area (Å²) >= 11 is 5.75. The Hall–Kier alpha value is -0.850. The van der Waals surface area contributed by atoms with Crippen molar-refractivity contribution in [1.29, 1.82) is 0 Å². The molecule has 1 N–H and O–H groups in total. The Labute approximate surface area is 132 Å². The minimum absolute atomic E-state index is 0.265. The van der Waals surface area contributed by atoms with Gasteiger partial charge in [-0.1, -0.05) is 24.9 Å². The maximum absolute atomic E-state index is 14.4. The normalized spacial score (nSPS) is 18.5. The van der Waals surface area contributed by atoms with Crippen LogP contribution in [0.2, 0.25) is 5.02 Å². The molecular formula is C15H19ClF4N2. The first kappa shape index (κ1) is 17.5. The Kier molecular flexibility index (Phi) is 5.69. The number of hydrogen-bond acceptors (Lipinski definition) is 2. The van der Waals surface area contributed by atoms with Crippen LogP contribution in [0.15, 0.2) is 12.1 Å². The van der Waals surface area contributed by atoms with Crippen LogP contribution in [0.4, 0.5) is 17.6 Å². The molecule has 1 aromatic carbocycles. The Morgan fingerprint density at radius 3 is 2.45 bits per heavy atom. The second-order valence-corrected chi connectivity index (χ2v) is 5.82. The molecule has 0 unspecified atom stereocenters. The molecule has 0 aliphatic carbocycles. The average molecular weight is 339 g/mol. The van der Waals surface area contributed by atoms with E-state index in [4.69, 9.17) is 11.6 Å². The molecule has 1 fully saturated rings. The lowest BCUT2D eigenvalue weighted by molar-refractivity contribution is -0.139. The molecule has 0 amide bonds. The predicted molar refractivity (Wildman–Crippen MR) is 78.5 cm³/mol. The van der Waals surface area contributed by atoms with Gasteiger partial charge in [0.2, 0.25) is 0 Å². The molecule has 0 saturated carbocycles. The minimum Gasteiger partial charge on any atom is -0.314 e. The number of halogens is 5. The van der Waals surface area contributed by atoms with E-state index >= 15 is 0 Å². The van der Waals surface area contributed by atoms with E-state index in [1.807, 2.05) is 11.8 Å². The van der Waals surface area contributed by atoms with E-state index < -0.39 is 23.6 Å². The quantitative estimate of drug-likeness (QED) is 0.826. The SMILES string of the molecule is CCC[C@H](c1c(C(F)(F)F)ccc(Cl)c1F)N1CCNCC1. The van der Waals surface area contributed by atoms with E-state index in [1.54, 1.807) is 0 Å². The first-order chi connectivity index (χ1) is 10.4. The van der Waals surface area contributed by atoms with Gasteiger partial charge in [-0.3, -0.25) is 4.90 Å². The molecule has 1 atom stereocenters. The van der Waals surface area contributed by atoms with Gasteiger partial charge in [0.05, 0.1) is 10.6 Å². The Morgan fingerprint density at radius 1 is 1.27 bits per heavy atom. The van der Waals surface area contributed by atoms with Crippen LogP contribution >= 0.6 is 11.6 Å². The first-order valence-electron chi connectivity index (χ1n) is 7.36. The molecule has 1 aliphatic rings. The second kappa shape index (κ2) is 7.15. The molecule has 124 valence electrons. The van der Waals surface area contributed by atoms with Crippen LogP contribution < -0.4 is 5.32 Å². The molecule has 0 spiro atoms. The molecule has 0 bridgehead atoms. The van der Waals surface area contributed by atoms with Crippen LogP contribution in [0.5, 0.6) is 0 Å². The van der Waals surface area contributed by atoms with E-state index in [1.165, 1.54) is 0 Å². The number of piperazine rings is 1. The number of hydrogen-bond donors (Lipinski definition) is 1. The standard InChI is InChI=1S/C15H19ClF4N2/c1-2-3-12(22-8-6-21-7-9-22)13-10(15(18,19)20)4-5-11(16)14(13)17/h4-5,12,21H,2-3,6-9H2,1H3/t12-/m1/s1. The monoisotopic (exact) mass is 338 g/mol. The van der Waals surface area contributed by atoms with E-state index in [-0.39, 0.29) is 10.6 Å². The zero-order chi connectivity index (χ0) is 16.3. The van der Waals surface area contributed by atoms with Crippen molar-refractivity contribution in [2.45, 2.75) is 32.0 Å². The maximum atomic E-state index is 14.4. The van der Waals surface area contributed by atoms with Gasteiger partial charge in [-0.05, 0) is 18.6 Å². The fourth-order valence-electron chi connectivity index (χ4n) is 2.92. The van der Waals surface area contributed by atoms with Crippen LogP contribution in [-0.2, 0) is 6.18 Å². The summed E-state index contributed by atoms with van der Waals surface area (Å²) in [6.45, 7) is 4.43. The van der Waals surface area contributed by atoms with Crippen molar-refractivity contribution in [3.63, 3.8) is 0 Å². The molecule has 1 saturated heterocycles. The fourth-order valence-corrected chi connectivity index (χ4v) is 3.08. The molecular weight excluding hydrogens is 320 g/mol. The van der Waals surface area contributed by atoms with Crippen LogP contribution in [0.3, 0.4) is 0 Å². The second-order valence-electron chi connectivity index (χ2n) is 5.41. The zero-order valence-corrected chi connectivity index (χ0v) is 13.1. The van der Waals surface area contributed by atoms with E-state index in [0.29, 0.717) is 39.0 Å². The number of nitrogens with zero attached hydrogens (tertiary/aromatic N) is 1. The lowest BCUT2D eigenvalue weighted by atomic mass is 9.94. The average Bonchev–Trinajstić information content (AvgIpc) is 2.47. The summed E-state index contributed by atoms with van der Waals surface area (Å²) in [7, 11) is 0. The van der Waals surface area contributed by atoms with Crippen molar-refractivity contribution in [2.75, 3.05) is 26.2 Å². The molecule has 1 aromatic rings. The summed E-state index contributed by atoms with van der Waals surface area (Å²) < 4.78 is 54.3. The molecule has 1 heterocycles. The van der Waals surface area contributed by atoms with E-state index in [2.05, 4.69) is 5.32 Å². The van der Waals surface area contributed by atoms with Gasteiger partial charge in [-0.15, -0.1) is 0 Å². The molecule has 1 aliphatic heterocycles. The lowest BCUT2D eigenvalue weighted by Gasteiger charge is -2.36. The highest BCUT2D eigenvalue weighted by molar-refractivity contribution is 6.30. The summed E-state index contributed by atoms with van der Waals surface area (Å²) in [5.41, 5.74) is -1.24. The summed E-state index contributed by atoms with van der Waals surface area (Å²) in [5.74, 6) is -0.950. The Balaban J connectivity index is 2.51. The fraction of sp³-hybridized carbons (Fsp3) is 0.600. The topological polar surface area (TPSA) is 15.3 Å². The van der Waals surface area contributed by atoms with Crippen molar-refractivity contribution in [3.05, 3.63) is 34.1 Å². The number of benzene rings is 1.